The Kier molecular flexibility index (Phi) is 8.33. The number of carboxylic acid groups (broad SMARTS) is 1. The van der Waals surface area contributed by atoms with E-state index in [1.54, 1.807) is 7.05 Å². The third kappa shape index (κ3) is 5.71. The summed E-state index contributed by atoms with van der Waals surface area (Å²) in [4.78, 5) is 23.9. The maximum atomic E-state index is 13.0. The van der Waals surface area contributed by atoms with Crippen LogP contribution in [0.2, 0.25) is 0 Å². The Labute approximate surface area is 170 Å². The molecule has 0 spiro atoms. The van der Waals surface area contributed by atoms with Gasteiger partial charge in [0.05, 0.1) is 4.90 Å². The number of aliphatic carboxylic acids is 1. The van der Waals surface area contributed by atoms with E-state index in [1.807, 2.05) is 6.26 Å². The van der Waals surface area contributed by atoms with E-state index in [-0.39, 0.29) is 16.5 Å². The highest BCUT2D eigenvalue weighted by Gasteiger charge is 2.29. The summed E-state index contributed by atoms with van der Waals surface area (Å²) in [5, 5.41) is 11.7. The van der Waals surface area contributed by atoms with E-state index in [2.05, 4.69) is 5.32 Å². The molecule has 0 heterocycles. The molecule has 156 valence electrons. The molecule has 1 amide bonds. The smallest absolute Gasteiger partial charge is 0.326 e. The Morgan fingerprint density at radius 2 is 1.96 bits per heavy atom. The first-order valence-electron chi connectivity index (χ1n) is 9.38. The quantitative estimate of drug-likeness (QED) is 0.627. The molecule has 0 aromatic heterocycles. The number of hydrogen-bond donors (Lipinski definition) is 2. The topological polar surface area (TPSA) is 104 Å². The van der Waals surface area contributed by atoms with Crippen LogP contribution < -0.4 is 5.32 Å². The van der Waals surface area contributed by atoms with Gasteiger partial charge >= 0.3 is 5.97 Å². The summed E-state index contributed by atoms with van der Waals surface area (Å²) >= 11 is 1.49. The third-order valence-corrected chi connectivity index (χ3v) is 7.63. The molecule has 0 bridgehead atoms. The van der Waals surface area contributed by atoms with E-state index in [0.717, 1.165) is 32.1 Å². The van der Waals surface area contributed by atoms with E-state index < -0.39 is 27.9 Å². The van der Waals surface area contributed by atoms with Gasteiger partial charge in [0.2, 0.25) is 10.0 Å². The Hall–Kier alpha value is -1.58. The molecule has 7 nitrogen and oxygen atoms in total. The molecule has 1 aliphatic rings. The number of amides is 1. The Balaban J connectivity index is 2.17. The van der Waals surface area contributed by atoms with Gasteiger partial charge in [-0.2, -0.15) is 16.1 Å². The molecular formula is C19H28N2O5S2. The molecule has 2 rings (SSSR count). The lowest BCUT2D eigenvalue weighted by Crippen LogP contribution is -2.41. The number of carbonyl (C=O) groups is 2. The summed E-state index contributed by atoms with van der Waals surface area (Å²) in [7, 11) is -2.14. The number of carboxylic acids is 1. The Morgan fingerprint density at radius 1 is 1.29 bits per heavy atom. The first kappa shape index (κ1) is 22.7. The molecule has 1 aliphatic carbocycles. The van der Waals surface area contributed by atoms with Gasteiger partial charge in [-0.05, 0) is 49.5 Å². The number of hydrogen-bond acceptors (Lipinski definition) is 5. The van der Waals surface area contributed by atoms with Crippen molar-refractivity contribution in [1.82, 2.24) is 9.62 Å². The highest BCUT2D eigenvalue weighted by atomic mass is 32.2. The average Bonchev–Trinajstić information content (AvgIpc) is 2.70. The average molecular weight is 429 g/mol. The van der Waals surface area contributed by atoms with E-state index in [1.165, 1.54) is 40.3 Å². The second-order valence-corrected chi connectivity index (χ2v) is 9.97. The minimum Gasteiger partial charge on any atom is -0.480 e. The van der Waals surface area contributed by atoms with Crippen molar-refractivity contribution in [2.45, 2.75) is 55.5 Å². The Morgan fingerprint density at radius 3 is 2.57 bits per heavy atom. The van der Waals surface area contributed by atoms with Gasteiger partial charge in [0.1, 0.15) is 6.04 Å². The van der Waals surface area contributed by atoms with Gasteiger partial charge in [-0.25, -0.2) is 13.2 Å². The van der Waals surface area contributed by atoms with Gasteiger partial charge in [0, 0.05) is 18.7 Å². The number of nitrogens with one attached hydrogen (secondary N) is 1. The maximum Gasteiger partial charge on any atom is 0.326 e. The van der Waals surface area contributed by atoms with Crippen molar-refractivity contribution in [1.29, 1.82) is 0 Å². The van der Waals surface area contributed by atoms with Crippen molar-refractivity contribution < 1.29 is 23.1 Å². The molecule has 0 saturated heterocycles. The lowest BCUT2D eigenvalue weighted by atomic mass is 9.96. The highest BCUT2D eigenvalue weighted by molar-refractivity contribution is 7.98. The predicted octanol–water partition coefficient (Wildman–Crippen LogP) is 2.58. The van der Waals surface area contributed by atoms with Crippen molar-refractivity contribution in [3.05, 3.63) is 29.8 Å². The monoisotopic (exact) mass is 428 g/mol. The van der Waals surface area contributed by atoms with Crippen LogP contribution in [-0.4, -0.2) is 60.8 Å². The predicted molar refractivity (Wildman–Crippen MR) is 110 cm³/mol. The van der Waals surface area contributed by atoms with Crippen LogP contribution in [0.4, 0.5) is 0 Å². The molecule has 0 aliphatic heterocycles. The molecule has 1 atom stereocenters. The summed E-state index contributed by atoms with van der Waals surface area (Å²) in [5.74, 6) is -1.10. The summed E-state index contributed by atoms with van der Waals surface area (Å²) < 4.78 is 27.4. The van der Waals surface area contributed by atoms with Crippen molar-refractivity contribution in [3.63, 3.8) is 0 Å². The van der Waals surface area contributed by atoms with Crippen LogP contribution in [0.1, 0.15) is 48.9 Å². The molecule has 0 radical (unpaired) electrons. The lowest BCUT2D eigenvalue weighted by molar-refractivity contribution is -0.139. The van der Waals surface area contributed by atoms with E-state index in [0.29, 0.717) is 12.2 Å². The van der Waals surface area contributed by atoms with Crippen LogP contribution >= 0.6 is 11.8 Å². The molecule has 28 heavy (non-hydrogen) atoms. The molecule has 1 saturated carbocycles. The van der Waals surface area contributed by atoms with E-state index >= 15 is 0 Å². The summed E-state index contributed by atoms with van der Waals surface area (Å²) in [6, 6.07) is 4.74. The second kappa shape index (κ2) is 10.3. The first-order valence-corrected chi connectivity index (χ1v) is 12.2. The first-order chi connectivity index (χ1) is 13.3. The number of benzene rings is 1. The summed E-state index contributed by atoms with van der Waals surface area (Å²) in [6.45, 7) is 0. The third-order valence-electron chi connectivity index (χ3n) is 5.08. The molecule has 1 fully saturated rings. The summed E-state index contributed by atoms with van der Waals surface area (Å²) in [6.07, 6.45) is 6.99. The van der Waals surface area contributed by atoms with Gasteiger partial charge in [0.25, 0.3) is 5.91 Å². The second-order valence-electron chi connectivity index (χ2n) is 6.99. The molecule has 1 aromatic rings. The number of thioether (sulfide) groups is 1. The van der Waals surface area contributed by atoms with E-state index in [9.17, 15) is 23.1 Å². The van der Waals surface area contributed by atoms with Crippen molar-refractivity contribution in [3.8, 4) is 0 Å². The maximum absolute atomic E-state index is 13.0. The zero-order valence-corrected chi connectivity index (χ0v) is 17.9. The fourth-order valence-corrected chi connectivity index (χ4v) is 5.27. The van der Waals surface area contributed by atoms with Crippen LogP contribution in [0.5, 0.6) is 0 Å². The largest absolute Gasteiger partial charge is 0.480 e. The molecule has 1 aromatic carbocycles. The molecule has 2 N–H and O–H groups in total. The van der Waals surface area contributed by atoms with Gasteiger partial charge in [0.15, 0.2) is 0 Å². The fraction of sp³-hybridized carbons (Fsp3) is 0.579. The van der Waals surface area contributed by atoms with Crippen LogP contribution in [0.25, 0.3) is 0 Å². The van der Waals surface area contributed by atoms with Gasteiger partial charge in [-0.1, -0.05) is 25.3 Å². The van der Waals surface area contributed by atoms with Gasteiger partial charge < -0.3 is 10.4 Å². The number of sulfonamides is 1. The van der Waals surface area contributed by atoms with Gasteiger partial charge in [-0.15, -0.1) is 0 Å². The normalized spacial score (nSPS) is 16.7. The Bertz CT molecular complexity index is 791. The van der Waals surface area contributed by atoms with Crippen LogP contribution in [0, 0.1) is 0 Å². The van der Waals surface area contributed by atoms with Gasteiger partial charge in [-0.3, -0.25) is 4.79 Å². The minimum atomic E-state index is -3.72. The minimum absolute atomic E-state index is 0.0285. The SMILES string of the molecule is CSCC[C@H](NC(=O)c1cccc(S(=O)(=O)N(C)C2CCCCC2)c1)C(=O)O. The number of rotatable bonds is 9. The number of nitrogens with zero attached hydrogens (tertiary/aromatic N) is 1. The van der Waals surface area contributed by atoms with Crippen molar-refractivity contribution in [2.24, 2.45) is 0 Å². The zero-order chi connectivity index (χ0) is 20.7. The molecular weight excluding hydrogens is 400 g/mol. The van der Waals surface area contributed by atoms with Crippen molar-refractivity contribution in [2.75, 3.05) is 19.1 Å². The van der Waals surface area contributed by atoms with Crippen molar-refractivity contribution >= 4 is 33.7 Å². The molecule has 9 heteroatoms. The van der Waals surface area contributed by atoms with Crippen LogP contribution in [0.3, 0.4) is 0 Å². The van der Waals surface area contributed by atoms with Crippen LogP contribution in [-0.2, 0) is 14.8 Å². The molecule has 0 unspecified atom stereocenters. The summed E-state index contributed by atoms with van der Waals surface area (Å²) in [5.41, 5.74) is 0.133. The fourth-order valence-electron chi connectivity index (χ4n) is 3.34. The lowest BCUT2D eigenvalue weighted by Gasteiger charge is -2.30. The highest BCUT2D eigenvalue weighted by Crippen LogP contribution is 2.26. The van der Waals surface area contributed by atoms with E-state index in [4.69, 9.17) is 0 Å². The zero-order valence-electron chi connectivity index (χ0n) is 16.3. The van der Waals surface area contributed by atoms with Crippen LogP contribution in [0.15, 0.2) is 29.2 Å². The standard InChI is InChI=1S/C19H28N2O5S2/c1-21(15-8-4-3-5-9-15)28(25,26)16-10-6-7-14(13-16)18(22)20-17(19(23)24)11-12-27-2/h6-7,10,13,15,17H,3-5,8-9,11-12H2,1-2H3,(H,20,22)(H,23,24)/t17-/m0/s1. The number of carbonyl (C=O) groups excluding carboxylic acids is 1.